The minimum absolute atomic E-state index is 0.222. The van der Waals surface area contributed by atoms with Gasteiger partial charge in [-0.05, 0) is 54.6 Å². The third kappa shape index (κ3) is 4.61. The van der Waals surface area contributed by atoms with E-state index >= 15 is 0 Å². The van der Waals surface area contributed by atoms with Crippen LogP contribution in [0.1, 0.15) is 19.1 Å². The highest BCUT2D eigenvalue weighted by Crippen LogP contribution is 2.33. The van der Waals surface area contributed by atoms with E-state index in [9.17, 15) is 14.4 Å². The van der Waals surface area contributed by atoms with Crippen molar-refractivity contribution in [1.82, 2.24) is 10.2 Å². The number of furan rings is 1. The molecule has 2 heterocycles. The Balaban J connectivity index is 1.72. The zero-order valence-corrected chi connectivity index (χ0v) is 16.1. The van der Waals surface area contributed by atoms with E-state index in [1.165, 1.54) is 6.08 Å². The van der Waals surface area contributed by atoms with E-state index in [0.29, 0.717) is 23.1 Å². The smallest absolute Gasteiger partial charge is 0.294 e. The van der Waals surface area contributed by atoms with Gasteiger partial charge < -0.3 is 9.73 Å². The van der Waals surface area contributed by atoms with Crippen molar-refractivity contribution >= 4 is 46.5 Å². The first-order chi connectivity index (χ1) is 13.0. The summed E-state index contributed by atoms with van der Waals surface area (Å²) in [7, 11) is 0. The molecular formula is C19H17ClN2O4S. The van der Waals surface area contributed by atoms with Crippen molar-refractivity contribution in [2.75, 3.05) is 13.1 Å². The van der Waals surface area contributed by atoms with Gasteiger partial charge >= 0.3 is 0 Å². The van der Waals surface area contributed by atoms with Crippen molar-refractivity contribution in [1.29, 1.82) is 0 Å². The second-order valence-corrected chi connectivity index (χ2v) is 7.26. The van der Waals surface area contributed by atoms with Crippen LogP contribution < -0.4 is 5.32 Å². The number of nitrogens with one attached hydrogen (secondary N) is 1. The lowest BCUT2D eigenvalue weighted by Crippen LogP contribution is -2.39. The van der Waals surface area contributed by atoms with Gasteiger partial charge in [0.05, 0.1) is 4.91 Å². The van der Waals surface area contributed by atoms with Crippen molar-refractivity contribution in [2.24, 2.45) is 0 Å². The Morgan fingerprint density at radius 3 is 2.67 bits per heavy atom. The van der Waals surface area contributed by atoms with Gasteiger partial charge in [0.15, 0.2) is 0 Å². The second kappa shape index (κ2) is 8.45. The summed E-state index contributed by atoms with van der Waals surface area (Å²) in [4.78, 5) is 37.4. The van der Waals surface area contributed by atoms with Crippen molar-refractivity contribution in [3.63, 3.8) is 0 Å². The first-order valence-electron chi connectivity index (χ1n) is 8.35. The number of hydrogen-bond donors (Lipinski definition) is 1. The molecule has 3 rings (SSSR count). The van der Waals surface area contributed by atoms with Gasteiger partial charge in [-0.3, -0.25) is 19.3 Å². The topological polar surface area (TPSA) is 79.6 Å². The second-order valence-electron chi connectivity index (χ2n) is 5.83. The number of rotatable bonds is 6. The van der Waals surface area contributed by atoms with E-state index < -0.39 is 11.1 Å². The Morgan fingerprint density at radius 2 is 1.96 bits per heavy atom. The van der Waals surface area contributed by atoms with E-state index in [4.69, 9.17) is 16.0 Å². The van der Waals surface area contributed by atoms with E-state index in [0.717, 1.165) is 28.6 Å². The molecule has 1 saturated heterocycles. The summed E-state index contributed by atoms with van der Waals surface area (Å²) in [6.07, 6.45) is 2.29. The lowest BCUT2D eigenvalue weighted by atomic mass is 10.2. The molecule has 0 spiro atoms. The van der Waals surface area contributed by atoms with Crippen molar-refractivity contribution in [3.8, 4) is 11.3 Å². The quantitative estimate of drug-likeness (QED) is 0.731. The van der Waals surface area contributed by atoms with Crippen molar-refractivity contribution in [2.45, 2.75) is 13.3 Å². The van der Waals surface area contributed by atoms with Gasteiger partial charge in [-0.1, -0.05) is 18.5 Å². The van der Waals surface area contributed by atoms with Crippen LogP contribution in [0.4, 0.5) is 4.79 Å². The first kappa shape index (κ1) is 19.3. The van der Waals surface area contributed by atoms with E-state index in [-0.39, 0.29) is 17.4 Å². The van der Waals surface area contributed by atoms with Crippen LogP contribution in [0.15, 0.2) is 45.7 Å². The molecule has 1 aliphatic rings. The first-order valence-corrected chi connectivity index (χ1v) is 9.55. The van der Waals surface area contributed by atoms with Crippen LogP contribution in [0.5, 0.6) is 0 Å². The minimum atomic E-state index is -0.499. The minimum Gasteiger partial charge on any atom is -0.457 e. The molecule has 8 heteroatoms. The molecule has 2 aromatic rings. The van der Waals surface area contributed by atoms with Crippen molar-refractivity contribution < 1.29 is 18.8 Å². The average Bonchev–Trinajstić information content (AvgIpc) is 3.21. The van der Waals surface area contributed by atoms with E-state index in [2.05, 4.69) is 5.32 Å². The number of carbonyl (C=O) groups is 3. The van der Waals surface area contributed by atoms with Crippen LogP contribution in [-0.4, -0.2) is 35.0 Å². The number of thioether (sulfide) groups is 1. The predicted molar refractivity (Wildman–Crippen MR) is 105 cm³/mol. The summed E-state index contributed by atoms with van der Waals surface area (Å²) in [6, 6.07) is 10.7. The molecule has 140 valence electrons. The van der Waals surface area contributed by atoms with Crippen LogP contribution in [0.3, 0.4) is 0 Å². The van der Waals surface area contributed by atoms with Crippen LogP contribution >= 0.6 is 23.4 Å². The lowest BCUT2D eigenvalue weighted by Gasteiger charge is -2.11. The molecule has 27 heavy (non-hydrogen) atoms. The standard InChI is InChI=1S/C19H17ClN2O4S/c1-2-9-21-17(23)11-22-18(24)16(27-19(22)25)10-14-7-8-15(26-14)12-3-5-13(20)6-4-12/h3-8,10H,2,9,11H2,1H3,(H,21,23)/b16-10-. The summed E-state index contributed by atoms with van der Waals surface area (Å²) < 4.78 is 5.73. The van der Waals surface area contributed by atoms with Gasteiger partial charge in [0.2, 0.25) is 5.91 Å². The summed E-state index contributed by atoms with van der Waals surface area (Å²) in [5, 5.41) is 2.81. The number of amides is 3. The molecule has 0 atom stereocenters. The number of hydrogen-bond acceptors (Lipinski definition) is 5. The fraction of sp³-hybridized carbons (Fsp3) is 0.211. The molecule has 0 aliphatic carbocycles. The van der Waals surface area contributed by atoms with Crippen LogP contribution in [0.2, 0.25) is 5.02 Å². The summed E-state index contributed by atoms with van der Waals surface area (Å²) in [6.45, 7) is 2.14. The normalized spacial score (nSPS) is 15.6. The van der Waals surface area contributed by atoms with Gasteiger partial charge in [0.1, 0.15) is 18.1 Å². The fourth-order valence-corrected chi connectivity index (χ4v) is 3.37. The molecule has 0 unspecified atom stereocenters. The molecule has 6 nitrogen and oxygen atoms in total. The Morgan fingerprint density at radius 1 is 1.22 bits per heavy atom. The largest absolute Gasteiger partial charge is 0.457 e. The highest BCUT2D eigenvalue weighted by atomic mass is 35.5. The average molecular weight is 405 g/mol. The maximum atomic E-state index is 12.4. The Kier molecular flexibility index (Phi) is 6.03. The molecule has 1 aliphatic heterocycles. The number of benzene rings is 1. The zero-order chi connectivity index (χ0) is 19.4. The van der Waals surface area contributed by atoms with Crippen LogP contribution in [0.25, 0.3) is 17.4 Å². The van der Waals surface area contributed by atoms with Crippen molar-refractivity contribution in [3.05, 3.63) is 52.1 Å². The third-order valence-corrected chi connectivity index (χ3v) is 4.94. The summed E-state index contributed by atoms with van der Waals surface area (Å²) in [5.74, 6) is 0.210. The van der Waals surface area contributed by atoms with Crippen LogP contribution in [-0.2, 0) is 9.59 Å². The van der Waals surface area contributed by atoms with E-state index in [1.807, 2.05) is 19.1 Å². The molecule has 1 aromatic carbocycles. The molecule has 0 saturated carbocycles. The van der Waals surface area contributed by atoms with Gasteiger partial charge in [0, 0.05) is 23.2 Å². The molecule has 3 amide bonds. The Hall–Kier alpha value is -2.51. The molecular weight excluding hydrogens is 388 g/mol. The summed E-state index contributed by atoms with van der Waals surface area (Å²) in [5.41, 5.74) is 0.847. The molecule has 0 bridgehead atoms. The predicted octanol–water partition coefficient (Wildman–Crippen LogP) is 4.16. The number of carbonyl (C=O) groups excluding carboxylic acids is 3. The molecule has 0 radical (unpaired) electrons. The van der Waals surface area contributed by atoms with Gasteiger partial charge in [-0.25, -0.2) is 0 Å². The third-order valence-electron chi connectivity index (χ3n) is 3.78. The fourth-order valence-electron chi connectivity index (χ4n) is 2.43. The SMILES string of the molecule is CCCNC(=O)CN1C(=O)S/C(=C\c2ccc(-c3ccc(Cl)cc3)o2)C1=O. The highest BCUT2D eigenvalue weighted by molar-refractivity contribution is 8.18. The number of imide groups is 1. The molecule has 1 N–H and O–H groups in total. The maximum Gasteiger partial charge on any atom is 0.294 e. The zero-order valence-electron chi connectivity index (χ0n) is 14.5. The Bertz CT molecular complexity index is 905. The Labute approximate surface area is 165 Å². The molecule has 1 fully saturated rings. The highest BCUT2D eigenvalue weighted by Gasteiger charge is 2.36. The van der Waals surface area contributed by atoms with Gasteiger partial charge in [-0.15, -0.1) is 0 Å². The lowest BCUT2D eigenvalue weighted by molar-refractivity contribution is -0.129. The monoisotopic (exact) mass is 404 g/mol. The molecule has 1 aromatic heterocycles. The van der Waals surface area contributed by atoms with Crippen LogP contribution in [0, 0.1) is 0 Å². The number of halogens is 1. The summed E-state index contributed by atoms with van der Waals surface area (Å²) >= 11 is 6.67. The maximum absolute atomic E-state index is 12.4. The van der Waals surface area contributed by atoms with E-state index in [1.54, 1.807) is 24.3 Å². The van der Waals surface area contributed by atoms with Gasteiger partial charge in [0.25, 0.3) is 11.1 Å². The van der Waals surface area contributed by atoms with Gasteiger partial charge in [-0.2, -0.15) is 0 Å². The number of nitrogens with zero attached hydrogens (tertiary/aromatic N) is 1.